The third-order valence-corrected chi connectivity index (χ3v) is 6.41. The summed E-state index contributed by atoms with van der Waals surface area (Å²) in [7, 11) is -1.81. The highest BCUT2D eigenvalue weighted by molar-refractivity contribution is 7.72. The number of carbonyl (C=O) groups excluding carboxylic acids is 3. The van der Waals surface area contributed by atoms with Gasteiger partial charge in [-0.05, 0) is 30.2 Å². The standard InChI is InChI=1S/C22H35N2O7P/c1-15(2)12-18(24-22(27)31-14-17-10-8-7-9-11-17)20(25)23-19(13-16(3)4)21(26)32(28,29-5)30-6/h7-11,15-16,18-19H,12-14H2,1-6H3,(H,23,25)(H,24,27)/t18-,19-/m0/s1. The molecule has 0 spiro atoms. The minimum Gasteiger partial charge on any atom is -0.445 e. The Kier molecular flexibility index (Phi) is 11.6. The monoisotopic (exact) mass is 470 g/mol. The van der Waals surface area contributed by atoms with Crippen molar-refractivity contribution in [2.24, 2.45) is 11.8 Å². The molecule has 0 aromatic heterocycles. The summed E-state index contributed by atoms with van der Waals surface area (Å²) < 4.78 is 27.4. The van der Waals surface area contributed by atoms with E-state index >= 15 is 0 Å². The highest BCUT2D eigenvalue weighted by atomic mass is 31.2. The van der Waals surface area contributed by atoms with Crippen LogP contribution in [0.4, 0.5) is 4.79 Å². The molecule has 1 rings (SSSR count). The van der Waals surface area contributed by atoms with Crippen molar-refractivity contribution in [1.29, 1.82) is 0 Å². The van der Waals surface area contributed by atoms with E-state index in [0.717, 1.165) is 19.8 Å². The SMILES string of the molecule is COP(=O)(OC)C(=O)[C@H](CC(C)C)NC(=O)[C@H](CC(C)C)NC(=O)OCc1ccccc1. The Labute approximate surface area is 190 Å². The summed E-state index contributed by atoms with van der Waals surface area (Å²) in [5, 5.41) is 5.18. The van der Waals surface area contributed by atoms with Crippen LogP contribution in [0.2, 0.25) is 0 Å². The van der Waals surface area contributed by atoms with Crippen LogP contribution in [0, 0.1) is 11.8 Å². The largest absolute Gasteiger partial charge is 0.445 e. The Balaban J connectivity index is 2.91. The van der Waals surface area contributed by atoms with E-state index in [0.29, 0.717) is 6.42 Å². The van der Waals surface area contributed by atoms with Crippen molar-refractivity contribution >= 4 is 25.1 Å². The number of benzene rings is 1. The van der Waals surface area contributed by atoms with E-state index in [1.165, 1.54) is 0 Å². The number of ether oxygens (including phenoxy) is 1. The summed E-state index contributed by atoms with van der Waals surface area (Å²) in [6.45, 7) is 7.58. The van der Waals surface area contributed by atoms with Gasteiger partial charge in [-0.25, -0.2) is 4.79 Å². The van der Waals surface area contributed by atoms with Gasteiger partial charge in [0.2, 0.25) is 5.91 Å². The molecule has 0 bridgehead atoms. The molecular weight excluding hydrogens is 435 g/mol. The second-order valence-corrected chi connectivity index (χ2v) is 10.4. The summed E-state index contributed by atoms with van der Waals surface area (Å²) in [5.41, 5.74) is -0.0236. The molecule has 0 aliphatic carbocycles. The molecule has 1 aromatic carbocycles. The van der Waals surface area contributed by atoms with Crippen molar-refractivity contribution in [1.82, 2.24) is 10.6 Å². The van der Waals surface area contributed by atoms with E-state index in [9.17, 15) is 18.9 Å². The molecule has 0 fully saturated rings. The van der Waals surface area contributed by atoms with Gasteiger partial charge in [0.15, 0.2) is 0 Å². The molecule has 9 nitrogen and oxygen atoms in total. The Bertz CT molecular complexity index is 791. The van der Waals surface area contributed by atoms with Gasteiger partial charge in [-0.15, -0.1) is 0 Å². The van der Waals surface area contributed by atoms with Crippen LogP contribution in [0.15, 0.2) is 30.3 Å². The zero-order valence-corrected chi connectivity index (χ0v) is 20.5. The second-order valence-electron chi connectivity index (χ2n) is 8.28. The maximum atomic E-state index is 13.0. The van der Waals surface area contributed by atoms with Crippen LogP contribution in [-0.2, 0) is 34.5 Å². The summed E-state index contributed by atoms with van der Waals surface area (Å²) in [5.74, 6) is -0.490. The smallest absolute Gasteiger partial charge is 0.408 e. The average Bonchev–Trinajstić information content (AvgIpc) is 2.75. The van der Waals surface area contributed by atoms with Crippen molar-refractivity contribution in [3.05, 3.63) is 35.9 Å². The van der Waals surface area contributed by atoms with Crippen LogP contribution in [0.25, 0.3) is 0 Å². The number of nitrogens with one attached hydrogen (secondary N) is 2. The number of hydrogen-bond donors (Lipinski definition) is 2. The van der Waals surface area contributed by atoms with E-state index < -0.39 is 37.2 Å². The first-order chi connectivity index (χ1) is 15.0. The van der Waals surface area contributed by atoms with Crippen LogP contribution in [-0.4, -0.2) is 43.8 Å². The molecule has 0 unspecified atom stereocenters. The van der Waals surface area contributed by atoms with E-state index in [1.807, 2.05) is 58.0 Å². The van der Waals surface area contributed by atoms with Crippen molar-refractivity contribution < 1.29 is 32.7 Å². The van der Waals surface area contributed by atoms with Gasteiger partial charge in [0.25, 0.3) is 5.52 Å². The van der Waals surface area contributed by atoms with Gasteiger partial charge in [-0.3, -0.25) is 14.2 Å². The lowest BCUT2D eigenvalue weighted by atomic mass is 10.0. The third kappa shape index (κ3) is 9.10. The predicted octanol–water partition coefficient (Wildman–Crippen LogP) is 3.87. The summed E-state index contributed by atoms with van der Waals surface area (Å²) in [6, 6.07) is 7.12. The average molecular weight is 471 g/mol. The minimum atomic E-state index is -4.04. The molecule has 0 saturated heterocycles. The highest BCUT2D eigenvalue weighted by Crippen LogP contribution is 2.48. The van der Waals surface area contributed by atoms with Gasteiger partial charge in [-0.1, -0.05) is 58.0 Å². The first-order valence-electron chi connectivity index (χ1n) is 10.6. The van der Waals surface area contributed by atoms with E-state index in [-0.39, 0.29) is 24.9 Å². The van der Waals surface area contributed by atoms with Crippen LogP contribution in [0.5, 0.6) is 0 Å². The summed E-state index contributed by atoms with van der Waals surface area (Å²) in [6.07, 6.45) is -0.198. The first kappa shape index (κ1) is 27.8. The Morgan fingerprint density at radius 1 is 0.875 bits per heavy atom. The van der Waals surface area contributed by atoms with Crippen LogP contribution < -0.4 is 10.6 Å². The molecule has 0 saturated carbocycles. The summed E-state index contributed by atoms with van der Waals surface area (Å²) >= 11 is 0. The molecule has 0 radical (unpaired) electrons. The maximum absolute atomic E-state index is 13.0. The van der Waals surface area contributed by atoms with Crippen molar-refractivity contribution in [2.45, 2.75) is 59.2 Å². The molecule has 2 atom stereocenters. The van der Waals surface area contributed by atoms with Gasteiger partial charge in [0, 0.05) is 14.2 Å². The van der Waals surface area contributed by atoms with Crippen molar-refractivity contribution in [2.75, 3.05) is 14.2 Å². The molecule has 2 N–H and O–H groups in total. The van der Waals surface area contributed by atoms with Crippen LogP contribution >= 0.6 is 7.60 Å². The van der Waals surface area contributed by atoms with E-state index in [2.05, 4.69) is 10.6 Å². The van der Waals surface area contributed by atoms with Gasteiger partial charge in [0.1, 0.15) is 18.7 Å². The molecule has 1 aromatic rings. The molecule has 32 heavy (non-hydrogen) atoms. The zero-order valence-electron chi connectivity index (χ0n) is 19.6. The van der Waals surface area contributed by atoms with Crippen LogP contribution in [0.1, 0.15) is 46.1 Å². The minimum absolute atomic E-state index is 0.0127. The first-order valence-corrected chi connectivity index (χ1v) is 12.1. The van der Waals surface area contributed by atoms with Gasteiger partial charge >= 0.3 is 13.7 Å². The molecule has 2 amide bonds. The van der Waals surface area contributed by atoms with E-state index in [4.69, 9.17) is 13.8 Å². The Morgan fingerprint density at radius 3 is 1.91 bits per heavy atom. The number of rotatable bonds is 13. The lowest BCUT2D eigenvalue weighted by Crippen LogP contribution is -2.52. The molecule has 0 aliphatic rings. The Morgan fingerprint density at radius 2 is 1.41 bits per heavy atom. The van der Waals surface area contributed by atoms with E-state index in [1.54, 1.807) is 0 Å². The molecular formula is C22H35N2O7P. The van der Waals surface area contributed by atoms with Crippen molar-refractivity contribution in [3.63, 3.8) is 0 Å². The molecule has 0 aliphatic heterocycles. The van der Waals surface area contributed by atoms with Gasteiger partial charge in [-0.2, -0.15) is 0 Å². The zero-order chi connectivity index (χ0) is 24.3. The van der Waals surface area contributed by atoms with Gasteiger partial charge < -0.3 is 24.4 Å². The number of amides is 2. The topological polar surface area (TPSA) is 120 Å². The lowest BCUT2D eigenvalue weighted by molar-refractivity contribution is -0.127. The molecule has 10 heteroatoms. The van der Waals surface area contributed by atoms with Crippen molar-refractivity contribution in [3.8, 4) is 0 Å². The van der Waals surface area contributed by atoms with Gasteiger partial charge in [0.05, 0.1) is 0 Å². The quantitative estimate of drug-likeness (QED) is 0.420. The second kappa shape index (κ2) is 13.4. The molecule has 180 valence electrons. The number of hydrogen-bond acceptors (Lipinski definition) is 7. The predicted molar refractivity (Wildman–Crippen MR) is 121 cm³/mol. The van der Waals surface area contributed by atoms with Crippen LogP contribution in [0.3, 0.4) is 0 Å². The normalized spacial score (nSPS) is 13.5. The fourth-order valence-corrected chi connectivity index (χ4v) is 4.08. The number of alkyl carbamates (subject to hydrolysis) is 1. The maximum Gasteiger partial charge on any atom is 0.408 e. The number of carbonyl (C=O) groups is 3. The fraction of sp³-hybridized carbons (Fsp3) is 0.591. The lowest BCUT2D eigenvalue weighted by Gasteiger charge is -2.26. The molecule has 0 heterocycles. The fourth-order valence-electron chi connectivity index (χ4n) is 3.02. The third-order valence-electron chi connectivity index (χ3n) is 4.60. The highest BCUT2D eigenvalue weighted by Gasteiger charge is 2.40. The Hall–Kier alpha value is -2.22. The summed E-state index contributed by atoms with van der Waals surface area (Å²) in [4.78, 5) is 38.1.